The Balaban J connectivity index is 2.00. The number of benzene rings is 1. The summed E-state index contributed by atoms with van der Waals surface area (Å²) in [5.74, 6) is 0.195. The van der Waals surface area contributed by atoms with Crippen LogP contribution in [0.3, 0.4) is 0 Å². The van der Waals surface area contributed by atoms with Gasteiger partial charge in [0.1, 0.15) is 0 Å². The second kappa shape index (κ2) is 8.39. The van der Waals surface area contributed by atoms with Gasteiger partial charge in [-0.3, -0.25) is 9.59 Å². The van der Waals surface area contributed by atoms with Crippen LogP contribution in [0.25, 0.3) is 0 Å². The van der Waals surface area contributed by atoms with Gasteiger partial charge in [-0.05, 0) is 64.7 Å². The van der Waals surface area contributed by atoms with Gasteiger partial charge in [0.2, 0.25) is 0 Å². The molecule has 7 heteroatoms. The first-order valence-electron chi connectivity index (χ1n) is 9.61. The van der Waals surface area contributed by atoms with E-state index >= 15 is 0 Å². The summed E-state index contributed by atoms with van der Waals surface area (Å²) in [6, 6.07) is 5.61. The molecule has 28 heavy (non-hydrogen) atoms. The molecule has 1 saturated heterocycles. The first kappa shape index (κ1) is 22.0. The quantitative estimate of drug-likeness (QED) is 0.748. The van der Waals surface area contributed by atoms with E-state index in [0.29, 0.717) is 37.3 Å². The highest BCUT2D eigenvalue weighted by Gasteiger charge is 2.48. The van der Waals surface area contributed by atoms with E-state index in [4.69, 9.17) is 15.2 Å². The Morgan fingerprint density at radius 1 is 1.11 bits per heavy atom. The van der Waals surface area contributed by atoms with Gasteiger partial charge in [-0.2, -0.15) is 0 Å². The number of hydrogen-bond acceptors (Lipinski definition) is 5. The maximum absolute atomic E-state index is 12.9. The molecule has 0 aromatic heterocycles. The highest BCUT2D eigenvalue weighted by atomic mass is 16.5. The normalized spacial score (nSPS) is 18.5. The number of rotatable bonds is 5. The fraction of sp³-hybridized carbons (Fsp3) is 0.619. The van der Waals surface area contributed by atoms with E-state index < -0.39 is 22.9 Å². The summed E-state index contributed by atoms with van der Waals surface area (Å²) in [6.45, 7) is 8.20. The average molecular weight is 392 g/mol. The molecule has 0 radical (unpaired) electrons. The van der Waals surface area contributed by atoms with Crippen LogP contribution in [0.1, 0.15) is 46.1 Å². The summed E-state index contributed by atoms with van der Waals surface area (Å²) in [7, 11) is 3.16. The van der Waals surface area contributed by atoms with Crippen molar-refractivity contribution < 1.29 is 19.1 Å². The van der Waals surface area contributed by atoms with Crippen LogP contribution in [0.15, 0.2) is 18.2 Å². The van der Waals surface area contributed by atoms with E-state index in [-0.39, 0.29) is 6.04 Å². The van der Waals surface area contributed by atoms with Crippen LogP contribution in [0, 0.1) is 0 Å². The number of nitrogens with zero attached hydrogens (tertiary/aromatic N) is 1. The lowest BCUT2D eigenvalue weighted by Crippen LogP contribution is -2.67. The van der Waals surface area contributed by atoms with Crippen molar-refractivity contribution in [3.05, 3.63) is 23.8 Å². The summed E-state index contributed by atoms with van der Waals surface area (Å²) in [5.41, 5.74) is 6.19. The monoisotopic (exact) mass is 391 g/mol. The zero-order valence-electron chi connectivity index (χ0n) is 17.8. The van der Waals surface area contributed by atoms with Gasteiger partial charge in [0.05, 0.1) is 14.2 Å². The van der Waals surface area contributed by atoms with E-state index in [0.717, 1.165) is 5.56 Å². The Labute approximate surface area is 167 Å². The summed E-state index contributed by atoms with van der Waals surface area (Å²) < 4.78 is 10.5. The third-order valence-electron chi connectivity index (χ3n) is 5.28. The maximum Gasteiger partial charge on any atom is 0.312 e. The molecule has 2 amide bonds. The molecule has 0 atom stereocenters. The second-order valence-corrected chi connectivity index (χ2v) is 8.63. The van der Waals surface area contributed by atoms with Crippen molar-refractivity contribution >= 4 is 11.8 Å². The van der Waals surface area contributed by atoms with Crippen molar-refractivity contribution in [1.29, 1.82) is 0 Å². The average Bonchev–Trinajstić information content (AvgIpc) is 2.58. The van der Waals surface area contributed by atoms with Crippen LogP contribution < -0.4 is 20.5 Å². The molecule has 1 aromatic rings. The zero-order chi connectivity index (χ0) is 21.1. The SMILES string of the molecule is COc1ccc(CCNC(=O)C(=O)N2C(C)(C)CC(N)CC2(C)C)cc1OC. The topological polar surface area (TPSA) is 93.9 Å². The number of nitrogens with two attached hydrogens (primary N) is 1. The number of piperidine rings is 1. The molecule has 0 unspecified atom stereocenters. The van der Waals surface area contributed by atoms with Crippen molar-refractivity contribution in [3.63, 3.8) is 0 Å². The van der Waals surface area contributed by atoms with E-state index in [1.807, 2.05) is 45.9 Å². The zero-order valence-corrected chi connectivity index (χ0v) is 17.8. The number of nitrogens with one attached hydrogen (secondary N) is 1. The summed E-state index contributed by atoms with van der Waals surface area (Å²) in [4.78, 5) is 27.1. The largest absolute Gasteiger partial charge is 0.493 e. The van der Waals surface area contributed by atoms with Gasteiger partial charge in [0.25, 0.3) is 0 Å². The van der Waals surface area contributed by atoms with Gasteiger partial charge in [-0.1, -0.05) is 6.07 Å². The summed E-state index contributed by atoms with van der Waals surface area (Å²) in [5, 5.41) is 2.75. The van der Waals surface area contributed by atoms with E-state index in [2.05, 4.69) is 5.32 Å². The molecule has 0 aliphatic carbocycles. The lowest BCUT2D eigenvalue weighted by molar-refractivity contribution is -0.159. The molecule has 1 heterocycles. The van der Waals surface area contributed by atoms with Crippen LogP contribution >= 0.6 is 0 Å². The fourth-order valence-corrected chi connectivity index (χ4v) is 4.44. The highest BCUT2D eigenvalue weighted by Crippen LogP contribution is 2.37. The molecular formula is C21H33N3O4. The molecule has 0 bridgehead atoms. The smallest absolute Gasteiger partial charge is 0.312 e. The molecule has 7 nitrogen and oxygen atoms in total. The highest BCUT2D eigenvalue weighted by molar-refractivity contribution is 6.35. The van der Waals surface area contributed by atoms with Crippen molar-refractivity contribution in [2.45, 2.75) is 64.1 Å². The van der Waals surface area contributed by atoms with Crippen LogP contribution in [0.4, 0.5) is 0 Å². The Morgan fingerprint density at radius 2 is 1.68 bits per heavy atom. The minimum atomic E-state index is -0.586. The van der Waals surface area contributed by atoms with Crippen molar-refractivity contribution in [2.75, 3.05) is 20.8 Å². The third-order valence-corrected chi connectivity index (χ3v) is 5.28. The molecule has 1 fully saturated rings. The Bertz CT molecular complexity index is 712. The first-order valence-corrected chi connectivity index (χ1v) is 9.61. The number of hydrogen-bond donors (Lipinski definition) is 2. The number of likely N-dealkylation sites (tertiary alicyclic amines) is 1. The van der Waals surface area contributed by atoms with Crippen molar-refractivity contribution in [2.24, 2.45) is 5.73 Å². The van der Waals surface area contributed by atoms with Gasteiger partial charge < -0.3 is 25.4 Å². The molecule has 0 spiro atoms. The van der Waals surface area contributed by atoms with Crippen LogP contribution in [-0.4, -0.2) is 54.6 Å². The van der Waals surface area contributed by atoms with Crippen LogP contribution in [0.2, 0.25) is 0 Å². The molecular weight excluding hydrogens is 358 g/mol. The van der Waals surface area contributed by atoms with Crippen LogP contribution in [-0.2, 0) is 16.0 Å². The van der Waals surface area contributed by atoms with Crippen LogP contribution in [0.5, 0.6) is 11.5 Å². The van der Waals surface area contributed by atoms with Gasteiger partial charge in [0, 0.05) is 23.7 Å². The first-order chi connectivity index (χ1) is 13.0. The minimum Gasteiger partial charge on any atom is -0.493 e. The number of carbonyl (C=O) groups excluding carboxylic acids is 2. The third kappa shape index (κ3) is 4.76. The summed E-state index contributed by atoms with van der Waals surface area (Å²) >= 11 is 0. The molecule has 0 saturated carbocycles. The predicted molar refractivity (Wildman–Crippen MR) is 108 cm³/mol. The lowest BCUT2D eigenvalue weighted by Gasteiger charge is -2.54. The lowest BCUT2D eigenvalue weighted by atomic mass is 9.77. The molecule has 1 aliphatic heterocycles. The molecule has 3 N–H and O–H groups in total. The molecule has 156 valence electrons. The number of carbonyl (C=O) groups is 2. The Kier molecular flexibility index (Phi) is 6.59. The second-order valence-electron chi connectivity index (χ2n) is 8.63. The number of amides is 2. The van der Waals surface area contributed by atoms with E-state index in [9.17, 15) is 9.59 Å². The van der Waals surface area contributed by atoms with E-state index in [1.54, 1.807) is 19.1 Å². The minimum absolute atomic E-state index is 0.0159. The van der Waals surface area contributed by atoms with Gasteiger partial charge in [0.15, 0.2) is 11.5 Å². The van der Waals surface area contributed by atoms with Gasteiger partial charge in [-0.15, -0.1) is 0 Å². The number of ether oxygens (including phenoxy) is 2. The molecule has 2 rings (SSSR count). The predicted octanol–water partition coefficient (Wildman–Crippen LogP) is 1.87. The Morgan fingerprint density at radius 3 is 2.21 bits per heavy atom. The molecule has 1 aromatic carbocycles. The van der Waals surface area contributed by atoms with Crippen molar-refractivity contribution in [1.82, 2.24) is 10.2 Å². The summed E-state index contributed by atoms with van der Waals surface area (Å²) in [6.07, 6.45) is 1.92. The van der Waals surface area contributed by atoms with Gasteiger partial charge in [-0.25, -0.2) is 0 Å². The van der Waals surface area contributed by atoms with Crippen molar-refractivity contribution in [3.8, 4) is 11.5 Å². The van der Waals surface area contributed by atoms with E-state index in [1.165, 1.54) is 0 Å². The maximum atomic E-state index is 12.9. The Hall–Kier alpha value is -2.28. The molecule has 1 aliphatic rings. The van der Waals surface area contributed by atoms with Gasteiger partial charge >= 0.3 is 11.8 Å². The standard InChI is InChI=1S/C21H33N3O4/c1-20(2)12-15(22)13-21(3,4)24(20)19(26)18(25)23-10-9-14-7-8-16(27-5)17(11-14)28-6/h7-8,11,15H,9-10,12-13,22H2,1-6H3,(H,23,25). The fourth-order valence-electron chi connectivity index (χ4n) is 4.44. The number of methoxy groups -OCH3 is 2.